The summed E-state index contributed by atoms with van der Waals surface area (Å²) >= 11 is 5.78. The predicted molar refractivity (Wildman–Crippen MR) is 79.0 cm³/mol. The first-order valence-corrected chi connectivity index (χ1v) is 6.99. The number of hydrogen-bond acceptors (Lipinski definition) is 3. The van der Waals surface area contributed by atoms with Gasteiger partial charge in [-0.15, -0.1) is 0 Å². The number of benzene rings is 1. The monoisotopic (exact) mass is 312 g/mol. The maximum absolute atomic E-state index is 12.3. The van der Waals surface area contributed by atoms with Crippen LogP contribution >= 0.6 is 11.6 Å². The molecule has 1 saturated heterocycles. The second-order valence-electron chi connectivity index (χ2n) is 5.09. The average Bonchev–Trinajstić information content (AvgIpc) is 2.39. The molecule has 2 atom stereocenters. The van der Waals surface area contributed by atoms with E-state index in [1.165, 1.54) is 18.2 Å². The molecule has 2 amide bonds. The first-order valence-electron chi connectivity index (χ1n) is 6.61. The summed E-state index contributed by atoms with van der Waals surface area (Å²) in [6.45, 7) is 4.71. The van der Waals surface area contributed by atoms with Gasteiger partial charge >= 0.3 is 12.0 Å². The van der Waals surface area contributed by atoms with Crippen LogP contribution in [0.3, 0.4) is 0 Å². The molecule has 1 heterocycles. The van der Waals surface area contributed by atoms with E-state index in [2.05, 4.69) is 5.32 Å². The Morgan fingerprint density at radius 1 is 1.33 bits per heavy atom. The van der Waals surface area contributed by atoms with Gasteiger partial charge in [0, 0.05) is 18.1 Å². The first-order chi connectivity index (χ1) is 9.86. The number of amides is 2. The molecular formula is C14H17ClN2O4. The summed E-state index contributed by atoms with van der Waals surface area (Å²) in [5.74, 6) is -1.14. The maximum atomic E-state index is 12.3. The predicted octanol–water partition coefficient (Wildman–Crippen LogP) is 2.68. The molecule has 2 rings (SSSR count). The van der Waals surface area contributed by atoms with Gasteiger partial charge in [-0.25, -0.2) is 9.59 Å². The molecule has 0 spiro atoms. The van der Waals surface area contributed by atoms with Crippen LogP contribution in [0.5, 0.6) is 0 Å². The fourth-order valence-electron chi connectivity index (χ4n) is 2.34. The minimum atomic E-state index is -1.14. The normalized spacial score (nSPS) is 22.0. The van der Waals surface area contributed by atoms with Gasteiger partial charge in [-0.2, -0.15) is 0 Å². The van der Waals surface area contributed by atoms with Crippen LogP contribution in [0, 0.1) is 0 Å². The van der Waals surface area contributed by atoms with Crippen molar-refractivity contribution in [2.75, 3.05) is 18.4 Å². The zero-order valence-electron chi connectivity index (χ0n) is 11.8. The molecule has 1 aromatic carbocycles. The molecule has 1 aliphatic rings. The largest absolute Gasteiger partial charge is 0.478 e. The van der Waals surface area contributed by atoms with Crippen LogP contribution in [0.2, 0.25) is 5.02 Å². The number of carboxylic acids is 1. The molecule has 7 heteroatoms. The van der Waals surface area contributed by atoms with Gasteiger partial charge in [0.15, 0.2) is 0 Å². The highest BCUT2D eigenvalue weighted by Gasteiger charge is 2.26. The zero-order valence-corrected chi connectivity index (χ0v) is 12.6. The molecule has 1 aliphatic heterocycles. The van der Waals surface area contributed by atoms with Crippen molar-refractivity contribution in [3.05, 3.63) is 28.8 Å². The molecule has 6 nitrogen and oxygen atoms in total. The Kier molecular flexibility index (Phi) is 4.69. The van der Waals surface area contributed by atoms with Crippen molar-refractivity contribution < 1.29 is 19.4 Å². The number of nitrogens with one attached hydrogen (secondary N) is 1. The lowest BCUT2D eigenvalue weighted by Gasteiger charge is -2.35. The van der Waals surface area contributed by atoms with Gasteiger partial charge in [-0.3, -0.25) is 0 Å². The standard InChI is InChI=1S/C14H17ClN2O4/c1-8-6-17(7-9(2)21-8)14(20)16-12-4-3-10(15)5-11(12)13(18)19/h3-5,8-9H,6-7H2,1-2H3,(H,16,20)(H,18,19)/t8-,9+. The number of carbonyl (C=O) groups is 2. The third-order valence-electron chi connectivity index (χ3n) is 3.16. The van der Waals surface area contributed by atoms with Gasteiger partial charge in [-0.1, -0.05) is 11.6 Å². The molecule has 0 aliphatic carbocycles. The highest BCUT2D eigenvalue weighted by atomic mass is 35.5. The van der Waals surface area contributed by atoms with Crippen molar-refractivity contribution in [1.82, 2.24) is 4.90 Å². The number of anilines is 1. The van der Waals surface area contributed by atoms with E-state index >= 15 is 0 Å². The van der Waals surface area contributed by atoms with E-state index in [1.54, 1.807) is 4.90 Å². The molecule has 0 bridgehead atoms. The Hall–Kier alpha value is -1.79. The van der Waals surface area contributed by atoms with Gasteiger partial charge in [0.05, 0.1) is 23.5 Å². The third-order valence-corrected chi connectivity index (χ3v) is 3.40. The van der Waals surface area contributed by atoms with Gasteiger partial charge < -0.3 is 20.1 Å². The molecule has 0 unspecified atom stereocenters. The summed E-state index contributed by atoms with van der Waals surface area (Å²) in [5, 5.41) is 12.1. The van der Waals surface area contributed by atoms with E-state index in [1.807, 2.05) is 13.8 Å². The van der Waals surface area contributed by atoms with Crippen molar-refractivity contribution in [2.24, 2.45) is 0 Å². The molecule has 0 aromatic heterocycles. The number of halogens is 1. The Morgan fingerprint density at radius 3 is 2.52 bits per heavy atom. The summed E-state index contributed by atoms with van der Waals surface area (Å²) in [4.78, 5) is 25.1. The molecule has 2 N–H and O–H groups in total. The van der Waals surface area contributed by atoms with E-state index in [4.69, 9.17) is 21.4 Å². The van der Waals surface area contributed by atoms with Crippen LogP contribution in [-0.4, -0.2) is 47.3 Å². The molecular weight excluding hydrogens is 296 g/mol. The Bertz CT molecular complexity index is 554. The highest BCUT2D eigenvalue weighted by Crippen LogP contribution is 2.22. The summed E-state index contributed by atoms with van der Waals surface area (Å²) in [6, 6.07) is 3.98. The minimum Gasteiger partial charge on any atom is -0.478 e. The summed E-state index contributed by atoms with van der Waals surface area (Å²) in [5.41, 5.74) is 0.189. The number of carbonyl (C=O) groups excluding carboxylic acids is 1. The molecule has 0 saturated carbocycles. The quantitative estimate of drug-likeness (QED) is 0.880. The smallest absolute Gasteiger partial charge is 0.337 e. The third kappa shape index (κ3) is 3.86. The molecule has 1 aromatic rings. The number of urea groups is 1. The molecule has 1 fully saturated rings. The minimum absolute atomic E-state index is 0.0368. The number of nitrogens with zero attached hydrogens (tertiary/aromatic N) is 1. The number of morpholine rings is 1. The Morgan fingerprint density at radius 2 is 1.95 bits per heavy atom. The molecule has 114 valence electrons. The molecule has 21 heavy (non-hydrogen) atoms. The Balaban J connectivity index is 2.14. The van der Waals surface area contributed by atoms with Crippen LogP contribution in [0.1, 0.15) is 24.2 Å². The number of rotatable bonds is 2. The van der Waals surface area contributed by atoms with Crippen molar-refractivity contribution in [2.45, 2.75) is 26.1 Å². The van der Waals surface area contributed by atoms with Gasteiger partial charge in [0.25, 0.3) is 0 Å². The fourth-order valence-corrected chi connectivity index (χ4v) is 2.51. The number of ether oxygens (including phenoxy) is 1. The van der Waals surface area contributed by atoms with Crippen molar-refractivity contribution in [1.29, 1.82) is 0 Å². The van der Waals surface area contributed by atoms with Gasteiger partial charge in [0.2, 0.25) is 0 Å². The zero-order chi connectivity index (χ0) is 15.6. The van der Waals surface area contributed by atoms with E-state index < -0.39 is 5.97 Å². The molecule has 0 radical (unpaired) electrons. The maximum Gasteiger partial charge on any atom is 0.337 e. The second kappa shape index (κ2) is 6.32. The Labute approximate surface area is 127 Å². The van der Waals surface area contributed by atoms with Crippen LogP contribution in [0.4, 0.5) is 10.5 Å². The lowest BCUT2D eigenvalue weighted by atomic mass is 10.2. The SMILES string of the molecule is C[C@@H]1CN(C(=O)Nc2ccc(Cl)cc2C(=O)O)C[C@H](C)O1. The lowest BCUT2D eigenvalue weighted by Crippen LogP contribution is -2.49. The second-order valence-corrected chi connectivity index (χ2v) is 5.52. The number of hydrogen-bond donors (Lipinski definition) is 2. The summed E-state index contributed by atoms with van der Waals surface area (Å²) < 4.78 is 5.56. The van der Waals surface area contributed by atoms with Crippen LogP contribution in [-0.2, 0) is 4.74 Å². The number of carboxylic acid groups (broad SMARTS) is 1. The van der Waals surface area contributed by atoms with Gasteiger partial charge in [0.1, 0.15) is 0 Å². The van der Waals surface area contributed by atoms with Crippen LogP contribution in [0.15, 0.2) is 18.2 Å². The van der Waals surface area contributed by atoms with Crippen LogP contribution < -0.4 is 5.32 Å². The summed E-state index contributed by atoms with van der Waals surface area (Å²) in [6.07, 6.45) is -0.104. The van der Waals surface area contributed by atoms with Crippen molar-refractivity contribution >= 4 is 29.3 Å². The van der Waals surface area contributed by atoms with E-state index in [0.29, 0.717) is 18.1 Å². The topological polar surface area (TPSA) is 78.9 Å². The van der Waals surface area contributed by atoms with E-state index in [-0.39, 0.29) is 29.5 Å². The average molecular weight is 313 g/mol. The van der Waals surface area contributed by atoms with Gasteiger partial charge in [-0.05, 0) is 32.0 Å². The van der Waals surface area contributed by atoms with Crippen LogP contribution in [0.25, 0.3) is 0 Å². The first kappa shape index (κ1) is 15.6. The van der Waals surface area contributed by atoms with Crippen molar-refractivity contribution in [3.8, 4) is 0 Å². The fraction of sp³-hybridized carbons (Fsp3) is 0.429. The highest BCUT2D eigenvalue weighted by molar-refractivity contribution is 6.31. The number of aromatic carboxylic acids is 1. The van der Waals surface area contributed by atoms with E-state index in [0.717, 1.165) is 0 Å². The van der Waals surface area contributed by atoms with E-state index in [9.17, 15) is 9.59 Å². The lowest BCUT2D eigenvalue weighted by molar-refractivity contribution is -0.0530. The summed E-state index contributed by atoms with van der Waals surface area (Å²) in [7, 11) is 0. The van der Waals surface area contributed by atoms with Crippen molar-refractivity contribution in [3.63, 3.8) is 0 Å².